The zero-order chi connectivity index (χ0) is 18.5. The lowest BCUT2D eigenvalue weighted by molar-refractivity contribution is -0.138. The van der Waals surface area contributed by atoms with Crippen LogP contribution in [0.1, 0.15) is 59.3 Å². The van der Waals surface area contributed by atoms with Gasteiger partial charge >= 0.3 is 6.03 Å². The van der Waals surface area contributed by atoms with Gasteiger partial charge in [0.05, 0.1) is 18.2 Å². The van der Waals surface area contributed by atoms with E-state index in [-0.39, 0.29) is 35.7 Å². The number of amides is 3. The number of morpholine rings is 1. The molecular formula is C20H33N3O3. The minimum absolute atomic E-state index is 0.0609. The lowest BCUT2D eigenvalue weighted by atomic mass is 9.53. The van der Waals surface area contributed by atoms with E-state index in [0.29, 0.717) is 13.1 Å². The zero-order valence-electron chi connectivity index (χ0n) is 16.3. The molecule has 146 valence electrons. The van der Waals surface area contributed by atoms with Crippen molar-refractivity contribution in [3.8, 4) is 0 Å². The second-order valence-electron chi connectivity index (χ2n) is 10.1. The van der Waals surface area contributed by atoms with Crippen LogP contribution in [0.4, 0.5) is 4.79 Å². The van der Waals surface area contributed by atoms with E-state index in [0.717, 1.165) is 37.0 Å². The fraction of sp³-hybridized carbons (Fsp3) is 0.900. The molecule has 26 heavy (non-hydrogen) atoms. The Balaban J connectivity index is 1.29. The predicted octanol–water partition coefficient (Wildman–Crippen LogP) is 2.28. The van der Waals surface area contributed by atoms with Crippen molar-refractivity contribution in [2.75, 3.05) is 19.6 Å². The molecular weight excluding hydrogens is 330 g/mol. The summed E-state index contributed by atoms with van der Waals surface area (Å²) in [6, 6.07) is -0.308. The molecule has 0 aromatic carbocycles. The SMILES string of the molecule is CC1CN(CC(=O)NC(=O)NC23CC4CC(CC(C4)C2)C3)CC(C)(C)O1. The molecule has 6 heteroatoms. The highest BCUT2D eigenvalue weighted by Crippen LogP contribution is 2.55. The largest absolute Gasteiger partial charge is 0.370 e. The van der Waals surface area contributed by atoms with E-state index < -0.39 is 0 Å². The molecule has 0 radical (unpaired) electrons. The van der Waals surface area contributed by atoms with Gasteiger partial charge in [-0.3, -0.25) is 15.0 Å². The standard InChI is InChI=1S/C20H33N3O3/c1-13-10-23(12-19(2,3)26-13)11-17(24)21-18(25)22-20-7-14-4-15(8-20)6-16(5-14)9-20/h13-16H,4-12H2,1-3H3,(H2,21,22,24,25). The smallest absolute Gasteiger partial charge is 0.321 e. The summed E-state index contributed by atoms with van der Waals surface area (Å²) in [4.78, 5) is 26.9. The van der Waals surface area contributed by atoms with Crippen molar-refractivity contribution in [1.82, 2.24) is 15.5 Å². The van der Waals surface area contributed by atoms with Gasteiger partial charge in [0.1, 0.15) is 0 Å². The van der Waals surface area contributed by atoms with Gasteiger partial charge in [0, 0.05) is 18.6 Å². The Morgan fingerprint density at radius 1 is 1.08 bits per heavy atom. The van der Waals surface area contributed by atoms with Crippen LogP contribution < -0.4 is 10.6 Å². The molecule has 1 heterocycles. The Hall–Kier alpha value is -1.14. The number of carbonyl (C=O) groups is 2. The van der Waals surface area contributed by atoms with Gasteiger partial charge in [-0.05, 0) is 77.0 Å². The summed E-state index contributed by atoms with van der Waals surface area (Å²) in [5.74, 6) is 2.09. The predicted molar refractivity (Wildman–Crippen MR) is 98.6 cm³/mol. The monoisotopic (exact) mass is 363 g/mol. The van der Waals surface area contributed by atoms with Crippen molar-refractivity contribution in [3.05, 3.63) is 0 Å². The molecule has 4 aliphatic carbocycles. The van der Waals surface area contributed by atoms with E-state index in [1.165, 1.54) is 19.3 Å². The maximum Gasteiger partial charge on any atom is 0.321 e. The molecule has 0 aromatic heterocycles. The summed E-state index contributed by atoms with van der Waals surface area (Å²) in [5, 5.41) is 5.78. The van der Waals surface area contributed by atoms with Crippen molar-refractivity contribution >= 4 is 11.9 Å². The molecule has 5 rings (SSSR count). The maximum absolute atomic E-state index is 12.5. The van der Waals surface area contributed by atoms with Gasteiger partial charge in [0.2, 0.25) is 5.91 Å². The van der Waals surface area contributed by atoms with E-state index >= 15 is 0 Å². The highest BCUT2D eigenvalue weighted by Gasteiger charge is 2.51. The van der Waals surface area contributed by atoms with Gasteiger partial charge in [-0.25, -0.2) is 4.79 Å². The number of carbonyl (C=O) groups excluding carboxylic acids is 2. The first-order chi connectivity index (χ1) is 12.2. The molecule has 4 bridgehead atoms. The molecule has 1 aliphatic heterocycles. The molecule has 1 saturated heterocycles. The van der Waals surface area contributed by atoms with E-state index in [1.54, 1.807) is 0 Å². The Labute approximate surface area is 156 Å². The molecule has 3 amide bonds. The number of imide groups is 1. The van der Waals surface area contributed by atoms with Crippen molar-refractivity contribution in [2.45, 2.75) is 76.5 Å². The van der Waals surface area contributed by atoms with Crippen LogP contribution in [0.3, 0.4) is 0 Å². The summed E-state index contributed by atoms with van der Waals surface area (Å²) < 4.78 is 5.87. The molecule has 6 nitrogen and oxygen atoms in total. The van der Waals surface area contributed by atoms with E-state index in [1.807, 2.05) is 20.8 Å². The fourth-order valence-electron chi connectivity index (χ4n) is 6.61. The van der Waals surface area contributed by atoms with Gasteiger partial charge in [0.25, 0.3) is 0 Å². The lowest BCUT2D eigenvalue weighted by Gasteiger charge is -2.56. The second kappa shape index (κ2) is 6.48. The number of ether oxygens (including phenoxy) is 1. The highest BCUT2D eigenvalue weighted by atomic mass is 16.5. The average Bonchev–Trinajstić information content (AvgIpc) is 2.41. The average molecular weight is 364 g/mol. The van der Waals surface area contributed by atoms with Gasteiger partial charge in [-0.1, -0.05) is 0 Å². The topological polar surface area (TPSA) is 70.7 Å². The van der Waals surface area contributed by atoms with Gasteiger partial charge in [-0.15, -0.1) is 0 Å². The van der Waals surface area contributed by atoms with Crippen LogP contribution >= 0.6 is 0 Å². The Kier molecular flexibility index (Phi) is 4.55. The summed E-state index contributed by atoms with van der Waals surface area (Å²) >= 11 is 0. The van der Waals surface area contributed by atoms with Gasteiger partial charge < -0.3 is 10.1 Å². The summed E-state index contributed by atoms with van der Waals surface area (Å²) in [6.07, 6.45) is 7.39. The molecule has 4 saturated carbocycles. The quantitative estimate of drug-likeness (QED) is 0.807. The van der Waals surface area contributed by atoms with Crippen LogP contribution in [0.15, 0.2) is 0 Å². The maximum atomic E-state index is 12.5. The molecule has 5 aliphatic rings. The minimum Gasteiger partial charge on any atom is -0.370 e. The normalized spacial score (nSPS) is 41.0. The van der Waals surface area contributed by atoms with Crippen molar-refractivity contribution in [3.63, 3.8) is 0 Å². The van der Waals surface area contributed by atoms with Crippen LogP contribution in [0.25, 0.3) is 0 Å². The number of urea groups is 1. The molecule has 2 N–H and O–H groups in total. The summed E-state index contributed by atoms with van der Waals surface area (Å²) in [5.41, 5.74) is -0.325. The van der Waals surface area contributed by atoms with Crippen molar-refractivity contribution in [2.24, 2.45) is 17.8 Å². The number of hydrogen-bond donors (Lipinski definition) is 2. The molecule has 0 spiro atoms. The van der Waals surface area contributed by atoms with Crippen LogP contribution in [0.2, 0.25) is 0 Å². The highest BCUT2D eigenvalue weighted by molar-refractivity contribution is 5.95. The van der Waals surface area contributed by atoms with Crippen LogP contribution in [0, 0.1) is 17.8 Å². The lowest BCUT2D eigenvalue weighted by Crippen LogP contribution is -2.62. The molecule has 5 fully saturated rings. The first-order valence-corrected chi connectivity index (χ1v) is 10.2. The van der Waals surface area contributed by atoms with Crippen LogP contribution in [0.5, 0.6) is 0 Å². The molecule has 0 aromatic rings. The third-order valence-electron chi connectivity index (χ3n) is 6.68. The zero-order valence-corrected chi connectivity index (χ0v) is 16.3. The Morgan fingerprint density at radius 2 is 1.65 bits per heavy atom. The third kappa shape index (κ3) is 3.91. The van der Waals surface area contributed by atoms with Gasteiger partial charge in [-0.2, -0.15) is 0 Å². The number of hydrogen-bond acceptors (Lipinski definition) is 4. The molecule has 1 atom stereocenters. The Morgan fingerprint density at radius 3 is 2.19 bits per heavy atom. The van der Waals surface area contributed by atoms with Gasteiger partial charge in [0.15, 0.2) is 0 Å². The number of nitrogens with zero attached hydrogens (tertiary/aromatic N) is 1. The first-order valence-electron chi connectivity index (χ1n) is 10.2. The van der Waals surface area contributed by atoms with E-state index in [9.17, 15) is 9.59 Å². The number of nitrogens with one attached hydrogen (secondary N) is 2. The van der Waals surface area contributed by atoms with Crippen LogP contribution in [-0.2, 0) is 9.53 Å². The summed E-state index contributed by atoms with van der Waals surface area (Å²) in [6.45, 7) is 7.74. The Bertz CT molecular complexity index is 554. The first kappa shape index (κ1) is 18.2. The van der Waals surface area contributed by atoms with Crippen LogP contribution in [-0.4, -0.2) is 53.7 Å². The van der Waals surface area contributed by atoms with E-state index in [2.05, 4.69) is 15.5 Å². The minimum atomic E-state index is -0.308. The van der Waals surface area contributed by atoms with Crippen molar-refractivity contribution < 1.29 is 14.3 Å². The fourth-order valence-corrected chi connectivity index (χ4v) is 6.61. The van der Waals surface area contributed by atoms with E-state index in [4.69, 9.17) is 4.74 Å². The second-order valence-corrected chi connectivity index (χ2v) is 10.1. The van der Waals surface area contributed by atoms with Crippen molar-refractivity contribution in [1.29, 1.82) is 0 Å². The third-order valence-corrected chi connectivity index (χ3v) is 6.68. The molecule has 1 unspecified atom stereocenters. The summed E-state index contributed by atoms with van der Waals surface area (Å²) in [7, 11) is 0. The number of rotatable bonds is 3.